The molecular formula is C16H21FN4OS. The maximum Gasteiger partial charge on any atom is 0.242 e. The third kappa shape index (κ3) is 4.21. The molecule has 2 rings (SSSR count). The zero-order valence-electron chi connectivity index (χ0n) is 13.3. The molecule has 1 saturated heterocycles. The number of nitrogens with two attached hydrogens (primary N) is 1. The first-order chi connectivity index (χ1) is 10.8. The van der Waals surface area contributed by atoms with E-state index in [9.17, 15) is 9.18 Å². The first-order valence-corrected chi connectivity index (χ1v) is 8.46. The third-order valence-corrected chi connectivity index (χ3v) is 5.53. The Bertz CT molecular complexity index is 589. The van der Waals surface area contributed by atoms with Crippen molar-refractivity contribution in [3.05, 3.63) is 30.1 Å². The van der Waals surface area contributed by atoms with Crippen LogP contribution in [0.3, 0.4) is 0 Å². The van der Waals surface area contributed by atoms with Gasteiger partial charge in [-0.25, -0.2) is 4.39 Å². The van der Waals surface area contributed by atoms with Gasteiger partial charge in [-0.15, -0.1) is 11.8 Å². The monoisotopic (exact) mass is 336 g/mol. The van der Waals surface area contributed by atoms with Crippen LogP contribution in [0.5, 0.6) is 0 Å². The zero-order valence-corrected chi connectivity index (χ0v) is 14.1. The minimum absolute atomic E-state index is 0.0458. The summed E-state index contributed by atoms with van der Waals surface area (Å²) in [4.78, 5) is 17.8. The second-order valence-electron chi connectivity index (χ2n) is 6.19. The molecule has 2 N–H and O–H groups in total. The van der Waals surface area contributed by atoms with Crippen LogP contribution in [-0.4, -0.2) is 45.3 Å². The fourth-order valence-electron chi connectivity index (χ4n) is 2.46. The Kier molecular flexibility index (Phi) is 5.60. The van der Waals surface area contributed by atoms with Crippen molar-refractivity contribution in [2.75, 3.05) is 6.54 Å². The number of amides is 1. The average Bonchev–Trinajstić information content (AvgIpc) is 2.93. The van der Waals surface area contributed by atoms with Crippen LogP contribution in [-0.2, 0) is 10.5 Å². The normalized spacial score (nSPS) is 22.7. The minimum atomic E-state index is -1.15. The molecule has 1 amide bonds. The second kappa shape index (κ2) is 7.28. The Morgan fingerprint density at radius 2 is 2.26 bits per heavy atom. The van der Waals surface area contributed by atoms with Gasteiger partial charge in [-0.2, -0.15) is 5.26 Å². The molecule has 0 aliphatic carbocycles. The van der Waals surface area contributed by atoms with Gasteiger partial charge in [-0.05, 0) is 31.5 Å². The summed E-state index contributed by atoms with van der Waals surface area (Å²) in [6.45, 7) is 3.74. The average molecular weight is 336 g/mol. The van der Waals surface area contributed by atoms with Crippen LogP contribution in [0.25, 0.3) is 0 Å². The van der Waals surface area contributed by atoms with E-state index in [1.807, 2.05) is 32.0 Å². The number of aromatic nitrogens is 1. The third-order valence-electron chi connectivity index (χ3n) is 4.06. The van der Waals surface area contributed by atoms with Gasteiger partial charge in [0.05, 0.1) is 18.7 Å². The number of hydrogen-bond acceptors (Lipinski definition) is 5. The van der Waals surface area contributed by atoms with Crippen LogP contribution in [0.1, 0.15) is 25.8 Å². The van der Waals surface area contributed by atoms with E-state index in [1.165, 1.54) is 4.90 Å². The predicted molar refractivity (Wildman–Crippen MR) is 88.2 cm³/mol. The second-order valence-corrected chi connectivity index (χ2v) is 7.82. The van der Waals surface area contributed by atoms with Crippen molar-refractivity contribution in [2.45, 2.75) is 49.0 Å². The lowest BCUT2D eigenvalue weighted by molar-refractivity contribution is -0.133. The van der Waals surface area contributed by atoms with Crippen LogP contribution in [0, 0.1) is 11.3 Å². The number of halogens is 1. The van der Waals surface area contributed by atoms with Gasteiger partial charge in [-0.1, -0.05) is 0 Å². The predicted octanol–water partition coefficient (Wildman–Crippen LogP) is 1.88. The standard InChI is InChI=1S/C16H21FN4OS/c1-16(2,23-10-11-3-5-20-6-4-11)14(19)15(22)21-9-12(17)7-13(21)8-18/h3-6,12-14H,7,9-10,19H2,1-2H3/t12-,13-,14+/m0/s1. The van der Waals surface area contributed by atoms with Crippen molar-refractivity contribution in [3.8, 4) is 6.07 Å². The van der Waals surface area contributed by atoms with Gasteiger partial charge in [0, 0.05) is 29.3 Å². The van der Waals surface area contributed by atoms with Crippen molar-refractivity contribution in [2.24, 2.45) is 5.73 Å². The number of alkyl halides is 1. The Hall–Kier alpha value is -1.65. The summed E-state index contributed by atoms with van der Waals surface area (Å²) in [5, 5.41) is 9.08. The SMILES string of the molecule is CC(C)(SCc1ccncc1)[C@H](N)C(=O)N1C[C@@H](F)C[C@H]1C#N. The molecule has 5 nitrogen and oxygen atoms in total. The molecule has 23 heavy (non-hydrogen) atoms. The van der Waals surface area contributed by atoms with Crippen molar-refractivity contribution < 1.29 is 9.18 Å². The van der Waals surface area contributed by atoms with Gasteiger partial charge in [0.1, 0.15) is 12.2 Å². The lowest BCUT2D eigenvalue weighted by atomic mass is 10.0. The number of nitrogens with zero attached hydrogens (tertiary/aromatic N) is 3. The van der Waals surface area contributed by atoms with Gasteiger partial charge in [0.2, 0.25) is 5.91 Å². The van der Waals surface area contributed by atoms with E-state index in [2.05, 4.69) is 4.98 Å². The van der Waals surface area contributed by atoms with Crippen LogP contribution < -0.4 is 5.73 Å². The summed E-state index contributed by atoms with van der Waals surface area (Å²) >= 11 is 1.56. The van der Waals surface area contributed by atoms with Crippen LogP contribution >= 0.6 is 11.8 Å². The van der Waals surface area contributed by atoms with E-state index in [4.69, 9.17) is 11.0 Å². The van der Waals surface area contributed by atoms with Crippen molar-refractivity contribution in [1.82, 2.24) is 9.88 Å². The molecule has 1 fully saturated rings. The molecule has 1 aromatic heterocycles. The highest BCUT2D eigenvalue weighted by atomic mass is 32.2. The van der Waals surface area contributed by atoms with Crippen LogP contribution in [0.15, 0.2) is 24.5 Å². The molecule has 0 saturated carbocycles. The number of hydrogen-bond donors (Lipinski definition) is 1. The quantitative estimate of drug-likeness (QED) is 0.888. The fraction of sp³-hybridized carbons (Fsp3) is 0.562. The van der Waals surface area contributed by atoms with Gasteiger partial charge in [-0.3, -0.25) is 9.78 Å². The van der Waals surface area contributed by atoms with Gasteiger partial charge >= 0.3 is 0 Å². The molecule has 3 atom stereocenters. The number of pyridine rings is 1. The molecule has 7 heteroatoms. The topological polar surface area (TPSA) is 83.0 Å². The van der Waals surface area contributed by atoms with Crippen LogP contribution in [0.2, 0.25) is 0 Å². The Morgan fingerprint density at radius 3 is 2.87 bits per heavy atom. The summed E-state index contributed by atoms with van der Waals surface area (Å²) in [6.07, 6.45) is 2.36. The summed E-state index contributed by atoms with van der Waals surface area (Å²) in [5.74, 6) is 0.341. The molecule has 0 aromatic carbocycles. The Labute approximate surface area is 140 Å². The zero-order chi connectivity index (χ0) is 17.0. The first kappa shape index (κ1) is 17.7. The highest BCUT2D eigenvalue weighted by Crippen LogP contribution is 2.32. The first-order valence-electron chi connectivity index (χ1n) is 7.47. The maximum atomic E-state index is 13.5. The fourth-order valence-corrected chi connectivity index (χ4v) is 3.48. The number of rotatable bonds is 5. The van der Waals surface area contributed by atoms with E-state index < -0.39 is 23.0 Å². The lowest BCUT2D eigenvalue weighted by Gasteiger charge is -2.33. The van der Waals surface area contributed by atoms with Crippen LogP contribution in [0.4, 0.5) is 4.39 Å². The van der Waals surface area contributed by atoms with E-state index in [1.54, 1.807) is 24.2 Å². The smallest absolute Gasteiger partial charge is 0.242 e. The summed E-state index contributed by atoms with van der Waals surface area (Å²) < 4.78 is 13.0. The van der Waals surface area contributed by atoms with Crippen molar-refractivity contribution in [3.63, 3.8) is 0 Å². The van der Waals surface area contributed by atoms with Crippen molar-refractivity contribution >= 4 is 17.7 Å². The molecule has 0 spiro atoms. The number of carbonyl (C=O) groups excluding carboxylic acids is 1. The largest absolute Gasteiger partial charge is 0.322 e. The maximum absolute atomic E-state index is 13.5. The molecule has 1 aliphatic heterocycles. The summed E-state index contributed by atoms with van der Waals surface area (Å²) in [7, 11) is 0. The Morgan fingerprint density at radius 1 is 1.61 bits per heavy atom. The lowest BCUT2D eigenvalue weighted by Crippen LogP contribution is -2.54. The van der Waals surface area contributed by atoms with E-state index in [-0.39, 0.29) is 18.9 Å². The molecule has 0 unspecified atom stereocenters. The Balaban J connectivity index is 2.01. The summed E-state index contributed by atoms with van der Waals surface area (Å²) in [5.41, 5.74) is 7.24. The van der Waals surface area contributed by atoms with E-state index in [0.717, 1.165) is 5.56 Å². The van der Waals surface area contributed by atoms with Gasteiger partial charge in [0.15, 0.2) is 0 Å². The molecule has 0 bridgehead atoms. The summed E-state index contributed by atoms with van der Waals surface area (Å²) in [6, 6.07) is 4.30. The van der Waals surface area contributed by atoms with Crippen molar-refractivity contribution in [1.29, 1.82) is 5.26 Å². The molecule has 1 aliphatic rings. The highest BCUT2D eigenvalue weighted by molar-refractivity contribution is 7.99. The molecule has 2 heterocycles. The molecule has 124 valence electrons. The molecule has 0 radical (unpaired) electrons. The number of nitriles is 1. The van der Waals surface area contributed by atoms with Gasteiger partial charge < -0.3 is 10.6 Å². The number of thioether (sulfide) groups is 1. The molecular weight excluding hydrogens is 315 g/mol. The van der Waals surface area contributed by atoms with E-state index >= 15 is 0 Å². The number of likely N-dealkylation sites (tertiary alicyclic amines) is 1. The highest BCUT2D eigenvalue weighted by Gasteiger charge is 2.42. The van der Waals surface area contributed by atoms with Gasteiger partial charge in [0.25, 0.3) is 0 Å². The molecule has 1 aromatic rings. The van der Waals surface area contributed by atoms with E-state index in [0.29, 0.717) is 5.75 Å². The minimum Gasteiger partial charge on any atom is -0.322 e. The number of carbonyl (C=O) groups is 1.